The van der Waals surface area contributed by atoms with Crippen molar-refractivity contribution in [3.05, 3.63) is 34.9 Å². The molecule has 1 N–H and O–H groups in total. The Morgan fingerprint density at radius 3 is 2.59 bits per heavy atom. The number of rotatable bonds is 2. The Morgan fingerprint density at radius 1 is 1.15 bits per heavy atom. The summed E-state index contributed by atoms with van der Waals surface area (Å²) in [7, 11) is 1.60. The van der Waals surface area contributed by atoms with Gasteiger partial charge in [-0.15, -0.1) is 0 Å². The van der Waals surface area contributed by atoms with Crippen molar-refractivity contribution in [3.63, 3.8) is 0 Å². The number of hydrogen-bond acceptors (Lipinski definition) is 3. The number of methoxy groups -OCH3 is 1. The first-order chi connectivity index (χ1) is 13.1. The van der Waals surface area contributed by atoms with E-state index >= 15 is 0 Å². The molecule has 2 saturated heterocycles. The molecule has 0 unspecified atom stereocenters. The average molecular weight is 370 g/mol. The van der Waals surface area contributed by atoms with Gasteiger partial charge < -0.3 is 14.5 Å². The van der Waals surface area contributed by atoms with Gasteiger partial charge in [-0.05, 0) is 87.4 Å². The van der Waals surface area contributed by atoms with E-state index in [4.69, 9.17) is 10.1 Å². The molecule has 0 amide bonds. The smallest absolute Gasteiger partial charge is 0.284 e. The van der Waals surface area contributed by atoms with E-state index < -0.39 is 0 Å². The van der Waals surface area contributed by atoms with Gasteiger partial charge in [0.05, 0.1) is 7.11 Å². The van der Waals surface area contributed by atoms with Crippen LogP contribution < -0.4 is 0 Å². The summed E-state index contributed by atoms with van der Waals surface area (Å²) in [5, 5.41) is 7.83. The predicted octanol–water partition coefficient (Wildman–Crippen LogP) is 3.96. The lowest BCUT2D eigenvalue weighted by molar-refractivity contribution is 0.109. The third-order valence-corrected chi connectivity index (χ3v) is 7.36. The Bertz CT molecular complexity index is 670. The van der Waals surface area contributed by atoms with E-state index in [0.717, 1.165) is 19.0 Å². The summed E-state index contributed by atoms with van der Waals surface area (Å²) in [6.07, 6.45) is 9.06. The molecule has 0 radical (unpaired) electrons. The summed E-state index contributed by atoms with van der Waals surface area (Å²) in [6, 6.07) is 7.51. The lowest BCUT2D eigenvalue weighted by Crippen LogP contribution is -2.47. The standard InChI is InChI=1S/C23H35N3O/c1-18-5-6-20-4-3-9-23(21(20)16-18)10-14-25(15-11-23)17-19-7-12-26(13-8-19)22(24)27-2/h5-6,16,19,24H,3-4,7-15,17H2,1-2H3. The van der Waals surface area contributed by atoms with Crippen LogP contribution in [0.25, 0.3) is 0 Å². The average Bonchev–Trinajstić information content (AvgIpc) is 2.70. The highest BCUT2D eigenvalue weighted by Crippen LogP contribution is 2.45. The van der Waals surface area contributed by atoms with Gasteiger partial charge in [-0.3, -0.25) is 5.41 Å². The van der Waals surface area contributed by atoms with Crippen LogP contribution in [0, 0.1) is 18.3 Å². The van der Waals surface area contributed by atoms with Gasteiger partial charge in [-0.25, -0.2) is 0 Å². The third kappa shape index (κ3) is 3.87. The van der Waals surface area contributed by atoms with E-state index in [1.165, 1.54) is 70.1 Å². The Morgan fingerprint density at radius 2 is 1.89 bits per heavy atom. The number of nitrogens with zero attached hydrogens (tertiary/aromatic N) is 2. The molecular weight excluding hydrogens is 334 g/mol. The Hall–Kier alpha value is -1.55. The molecule has 2 fully saturated rings. The fraction of sp³-hybridized carbons (Fsp3) is 0.696. The Labute approximate surface area is 164 Å². The minimum Gasteiger partial charge on any atom is -0.469 e. The number of hydrogen-bond donors (Lipinski definition) is 1. The van der Waals surface area contributed by atoms with Crippen LogP contribution in [-0.2, 0) is 16.6 Å². The van der Waals surface area contributed by atoms with Crippen LogP contribution in [0.2, 0.25) is 0 Å². The molecule has 1 spiro atoms. The van der Waals surface area contributed by atoms with Crippen LogP contribution >= 0.6 is 0 Å². The maximum atomic E-state index is 7.83. The van der Waals surface area contributed by atoms with Crippen molar-refractivity contribution >= 4 is 6.02 Å². The van der Waals surface area contributed by atoms with Gasteiger partial charge in [-0.2, -0.15) is 0 Å². The lowest BCUT2D eigenvalue weighted by atomic mass is 9.64. The molecule has 2 heterocycles. The van der Waals surface area contributed by atoms with Crippen LogP contribution in [0.5, 0.6) is 0 Å². The zero-order chi connectivity index (χ0) is 18.9. The molecule has 2 aliphatic heterocycles. The first-order valence-corrected chi connectivity index (χ1v) is 10.8. The van der Waals surface area contributed by atoms with Crippen molar-refractivity contribution in [2.24, 2.45) is 5.92 Å². The molecule has 0 atom stereocenters. The molecule has 148 valence electrons. The topological polar surface area (TPSA) is 39.6 Å². The van der Waals surface area contributed by atoms with Crippen molar-refractivity contribution in [2.45, 2.75) is 57.3 Å². The summed E-state index contributed by atoms with van der Waals surface area (Å²) in [5.74, 6) is 0.779. The molecule has 4 heteroatoms. The fourth-order valence-corrected chi connectivity index (χ4v) is 5.65. The molecule has 1 aromatic carbocycles. The van der Waals surface area contributed by atoms with Gasteiger partial charge in [0.15, 0.2) is 0 Å². The van der Waals surface area contributed by atoms with E-state index in [1.54, 1.807) is 18.2 Å². The van der Waals surface area contributed by atoms with E-state index in [2.05, 4.69) is 34.9 Å². The van der Waals surface area contributed by atoms with E-state index in [9.17, 15) is 0 Å². The number of amidine groups is 1. The van der Waals surface area contributed by atoms with Crippen molar-refractivity contribution in [2.75, 3.05) is 39.8 Å². The first-order valence-electron chi connectivity index (χ1n) is 10.8. The van der Waals surface area contributed by atoms with Crippen LogP contribution in [0.1, 0.15) is 55.2 Å². The van der Waals surface area contributed by atoms with Gasteiger partial charge in [0.25, 0.3) is 6.02 Å². The second kappa shape index (κ2) is 7.83. The highest BCUT2D eigenvalue weighted by atomic mass is 16.5. The van der Waals surface area contributed by atoms with E-state index in [1.807, 2.05) is 0 Å². The molecule has 4 nitrogen and oxygen atoms in total. The predicted molar refractivity (Wildman–Crippen MR) is 111 cm³/mol. The van der Waals surface area contributed by atoms with Gasteiger partial charge in [-0.1, -0.05) is 23.8 Å². The summed E-state index contributed by atoms with van der Waals surface area (Å²) >= 11 is 0. The summed E-state index contributed by atoms with van der Waals surface area (Å²) in [5.41, 5.74) is 5.17. The van der Waals surface area contributed by atoms with E-state index in [-0.39, 0.29) is 0 Å². The van der Waals surface area contributed by atoms with Crippen molar-refractivity contribution in [1.82, 2.24) is 9.80 Å². The largest absolute Gasteiger partial charge is 0.469 e. The van der Waals surface area contributed by atoms with Gasteiger partial charge in [0.2, 0.25) is 0 Å². The molecule has 1 aromatic rings. The number of aryl methyl sites for hydroxylation is 2. The highest BCUT2D eigenvalue weighted by molar-refractivity contribution is 5.70. The second-order valence-electron chi connectivity index (χ2n) is 9.03. The second-order valence-corrected chi connectivity index (χ2v) is 9.03. The van der Waals surface area contributed by atoms with Gasteiger partial charge in [0, 0.05) is 19.6 Å². The zero-order valence-electron chi connectivity index (χ0n) is 17.1. The SMILES string of the molecule is COC(=N)N1CCC(CN2CCC3(CCCc4ccc(C)cc43)CC2)CC1. The number of piperidine rings is 2. The number of benzene rings is 1. The molecule has 0 bridgehead atoms. The van der Waals surface area contributed by atoms with Gasteiger partial charge >= 0.3 is 0 Å². The molecule has 0 saturated carbocycles. The Kier molecular flexibility index (Phi) is 5.45. The normalized spacial score (nSPS) is 23.3. The first kappa shape index (κ1) is 18.8. The molecule has 27 heavy (non-hydrogen) atoms. The lowest BCUT2D eigenvalue weighted by Gasteiger charge is -2.46. The molecular formula is C23H35N3O. The maximum absolute atomic E-state index is 7.83. The molecule has 0 aromatic heterocycles. The van der Waals surface area contributed by atoms with E-state index in [0.29, 0.717) is 11.4 Å². The van der Waals surface area contributed by atoms with Crippen LogP contribution in [0.4, 0.5) is 0 Å². The monoisotopic (exact) mass is 369 g/mol. The van der Waals surface area contributed by atoms with Gasteiger partial charge in [0.1, 0.15) is 0 Å². The minimum absolute atomic E-state index is 0.333. The molecule has 4 rings (SSSR count). The Balaban J connectivity index is 1.33. The number of likely N-dealkylation sites (tertiary alicyclic amines) is 2. The molecule has 3 aliphatic rings. The van der Waals surface area contributed by atoms with Crippen molar-refractivity contribution in [3.8, 4) is 0 Å². The van der Waals surface area contributed by atoms with Crippen LogP contribution in [0.3, 0.4) is 0 Å². The summed E-state index contributed by atoms with van der Waals surface area (Å²) < 4.78 is 5.07. The quantitative estimate of drug-likeness (QED) is 0.634. The fourth-order valence-electron chi connectivity index (χ4n) is 5.65. The maximum Gasteiger partial charge on any atom is 0.284 e. The van der Waals surface area contributed by atoms with Crippen LogP contribution in [-0.4, -0.2) is 55.7 Å². The zero-order valence-corrected chi connectivity index (χ0v) is 17.1. The number of nitrogens with one attached hydrogen (secondary N) is 1. The van der Waals surface area contributed by atoms with Crippen molar-refractivity contribution in [1.29, 1.82) is 5.41 Å². The minimum atomic E-state index is 0.333. The summed E-state index contributed by atoms with van der Waals surface area (Å²) in [4.78, 5) is 4.79. The third-order valence-electron chi connectivity index (χ3n) is 7.36. The highest BCUT2D eigenvalue weighted by Gasteiger charge is 2.39. The van der Waals surface area contributed by atoms with Crippen molar-refractivity contribution < 1.29 is 4.74 Å². The van der Waals surface area contributed by atoms with Crippen LogP contribution in [0.15, 0.2) is 18.2 Å². The molecule has 1 aliphatic carbocycles. The number of fused-ring (bicyclic) bond motifs is 2. The summed E-state index contributed by atoms with van der Waals surface area (Å²) in [6.45, 7) is 7.94. The number of ether oxygens (including phenoxy) is 1.